The minimum absolute atomic E-state index is 0.0563. The molecule has 1 fully saturated rings. The Bertz CT molecular complexity index is 499. The smallest absolute Gasteiger partial charge is 0.254 e. The maximum Gasteiger partial charge on any atom is 0.254 e. The summed E-state index contributed by atoms with van der Waals surface area (Å²) >= 11 is 0. The van der Waals surface area contributed by atoms with Gasteiger partial charge in [0.25, 0.3) is 5.91 Å². The molecule has 1 aromatic rings. The van der Waals surface area contributed by atoms with E-state index >= 15 is 0 Å². The van der Waals surface area contributed by atoms with Gasteiger partial charge in [-0.1, -0.05) is 0 Å². The molecule has 1 aliphatic rings. The summed E-state index contributed by atoms with van der Waals surface area (Å²) in [5, 5.41) is 6.01. The molecule has 0 aromatic heterocycles. The quantitative estimate of drug-likeness (QED) is 0.711. The molecule has 6 heteroatoms. The van der Waals surface area contributed by atoms with Crippen LogP contribution in [0, 0.1) is 5.82 Å². The van der Waals surface area contributed by atoms with Crippen molar-refractivity contribution >= 4 is 11.6 Å². The molecule has 0 radical (unpaired) electrons. The van der Waals surface area contributed by atoms with Crippen LogP contribution in [0.5, 0.6) is 5.75 Å². The van der Waals surface area contributed by atoms with Gasteiger partial charge in [-0.15, -0.1) is 0 Å². The second-order valence-electron chi connectivity index (χ2n) is 5.02. The van der Waals surface area contributed by atoms with Crippen LogP contribution in [0.3, 0.4) is 0 Å². The van der Waals surface area contributed by atoms with Crippen molar-refractivity contribution in [3.8, 4) is 5.75 Å². The molecule has 5 nitrogen and oxygen atoms in total. The summed E-state index contributed by atoms with van der Waals surface area (Å²) in [6.07, 6.45) is 0.812. The van der Waals surface area contributed by atoms with Gasteiger partial charge in [-0.2, -0.15) is 0 Å². The number of hydrogen-bond donors (Lipinski definition) is 3. The Morgan fingerprint density at radius 2 is 2.32 bits per heavy atom. The Kier molecular flexibility index (Phi) is 3.61. The van der Waals surface area contributed by atoms with Crippen molar-refractivity contribution < 1.29 is 13.9 Å². The van der Waals surface area contributed by atoms with Crippen LogP contribution in [0.25, 0.3) is 0 Å². The summed E-state index contributed by atoms with van der Waals surface area (Å²) < 4.78 is 18.8. The lowest BCUT2D eigenvalue weighted by atomic mass is 10.0. The number of nitrogens with one attached hydrogen (secondary N) is 2. The number of methoxy groups -OCH3 is 1. The molecule has 1 aliphatic heterocycles. The van der Waals surface area contributed by atoms with Crippen LogP contribution in [0.2, 0.25) is 0 Å². The van der Waals surface area contributed by atoms with Crippen LogP contribution >= 0.6 is 0 Å². The van der Waals surface area contributed by atoms with Crippen molar-refractivity contribution in [1.82, 2.24) is 10.6 Å². The van der Waals surface area contributed by atoms with E-state index in [-0.39, 0.29) is 16.8 Å². The minimum atomic E-state index is -0.648. The molecular weight excluding hydrogens is 249 g/mol. The number of anilines is 1. The van der Waals surface area contributed by atoms with Crippen molar-refractivity contribution in [3.05, 3.63) is 23.5 Å². The van der Waals surface area contributed by atoms with Gasteiger partial charge in [-0.25, -0.2) is 4.39 Å². The lowest BCUT2D eigenvalue weighted by molar-refractivity contribution is 0.0908. The van der Waals surface area contributed by atoms with E-state index in [9.17, 15) is 9.18 Å². The van der Waals surface area contributed by atoms with E-state index in [4.69, 9.17) is 10.5 Å². The molecule has 0 spiro atoms. The summed E-state index contributed by atoms with van der Waals surface area (Å²) in [6, 6.07) is 2.43. The molecule has 2 rings (SSSR count). The standard InChI is InChI=1S/C13H18FN3O2/c1-13(3-4-16-7-13)17-12(18)8-5-11(19-2)10(15)6-9(8)14/h5-6,16H,3-4,7,15H2,1-2H3,(H,17,18)/t13-/m1/s1. The van der Waals surface area contributed by atoms with E-state index in [2.05, 4.69) is 10.6 Å². The number of hydrogen-bond acceptors (Lipinski definition) is 4. The third kappa shape index (κ3) is 2.78. The highest BCUT2D eigenvalue weighted by Gasteiger charge is 2.31. The third-order valence-electron chi connectivity index (χ3n) is 3.35. The van der Waals surface area contributed by atoms with Crippen LogP contribution < -0.4 is 21.1 Å². The van der Waals surface area contributed by atoms with Gasteiger partial charge in [0, 0.05) is 12.6 Å². The summed E-state index contributed by atoms with van der Waals surface area (Å²) in [7, 11) is 1.42. The largest absolute Gasteiger partial charge is 0.495 e. The molecule has 0 bridgehead atoms. The Hall–Kier alpha value is -1.82. The molecule has 1 heterocycles. The second-order valence-corrected chi connectivity index (χ2v) is 5.02. The summed E-state index contributed by atoms with van der Waals surface area (Å²) in [5.41, 5.74) is 5.35. The highest BCUT2D eigenvalue weighted by atomic mass is 19.1. The first-order valence-corrected chi connectivity index (χ1v) is 6.11. The minimum Gasteiger partial charge on any atom is -0.495 e. The Morgan fingerprint density at radius 1 is 1.58 bits per heavy atom. The highest BCUT2D eigenvalue weighted by Crippen LogP contribution is 2.25. The number of carbonyl (C=O) groups excluding carboxylic acids is 1. The van der Waals surface area contributed by atoms with Crippen molar-refractivity contribution in [2.45, 2.75) is 18.9 Å². The lowest BCUT2D eigenvalue weighted by Gasteiger charge is -2.24. The van der Waals surface area contributed by atoms with Gasteiger partial charge in [0.15, 0.2) is 0 Å². The lowest BCUT2D eigenvalue weighted by Crippen LogP contribution is -2.47. The molecule has 1 saturated heterocycles. The van der Waals surface area contributed by atoms with Gasteiger partial charge in [-0.3, -0.25) is 4.79 Å². The first-order valence-electron chi connectivity index (χ1n) is 6.11. The fraction of sp³-hybridized carbons (Fsp3) is 0.462. The maximum absolute atomic E-state index is 13.8. The van der Waals surface area contributed by atoms with E-state index < -0.39 is 11.7 Å². The van der Waals surface area contributed by atoms with Gasteiger partial charge in [0.05, 0.1) is 23.9 Å². The van der Waals surface area contributed by atoms with Crippen LogP contribution in [0.4, 0.5) is 10.1 Å². The predicted octanol–water partition coefficient (Wildman–Crippen LogP) is 0.898. The zero-order valence-electron chi connectivity index (χ0n) is 11.0. The van der Waals surface area contributed by atoms with Gasteiger partial charge in [0.1, 0.15) is 11.6 Å². The molecule has 1 amide bonds. The monoisotopic (exact) mass is 267 g/mol. The second kappa shape index (κ2) is 5.05. The van der Waals surface area contributed by atoms with Gasteiger partial charge in [-0.05, 0) is 26.0 Å². The number of amides is 1. The van der Waals surface area contributed by atoms with Crippen molar-refractivity contribution in [1.29, 1.82) is 0 Å². The zero-order chi connectivity index (χ0) is 14.0. The average Bonchev–Trinajstić information content (AvgIpc) is 2.75. The van der Waals surface area contributed by atoms with E-state index in [0.717, 1.165) is 19.0 Å². The van der Waals surface area contributed by atoms with E-state index in [1.54, 1.807) is 0 Å². The molecule has 0 unspecified atom stereocenters. The SMILES string of the molecule is COc1cc(C(=O)N[C@]2(C)CCNC2)c(F)cc1N. The Labute approximate surface area is 111 Å². The van der Waals surface area contributed by atoms with Crippen LogP contribution in [0.1, 0.15) is 23.7 Å². The number of halogens is 1. The fourth-order valence-corrected chi connectivity index (χ4v) is 2.18. The molecule has 19 heavy (non-hydrogen) atoms. The maximum atomic E-state index is 13.8. The van der Waals surface area contributed by atoms with Crippen molar-refractivity contribution in [2.75, 3.05) is 25.9 Å². The normalized spacial score (nSPS) is 22.3. The van der Waals surface area contributed by atoms with Crippen LogP contribution in [-0.4, -0.2) is 31.6 Å². The summed E-state index contributed by atoms with van der Waals surface area (Å²) in [6.45, 7) is 3.44. The number of nitrogens with two attached hydrogens (primary N) is 1. The molecule has 4 N–H and O–H groups in total. The molecule has 0 saturated carbocycles. The van der Waals surface area contributed by atoms with Gasteiger partial charge in [0.2, 0.25) is 0 Å². The third-order valence-corrected chi connectivity index (χ3v) is 3.35. The van der Waals surface area contributed by atoms with Gasteiger partial charge >= 0.3 is 0 Å². The topological polar surface area (TPSA) is 76.4 Å². The van der Waals surface area contributed by atoms with Crippen LogP contribution in [0.15, 0.2) is 12.1 Å². The van der Waals surface area contributed by atoms with E-state index in [1.807, 2.05) is 6.92 Å². The first-order chi connectivity index (χ1) is 8.95. The number of rotatable bonds is 3. The van der Waals surface area contributed by atoms with E-state index in [0.29, 0.717) is 12.3 Å². The first kappa shape index (κ1) is 13.6. The molecule has 1 aromatic carbocycles. The number of ether oxygens (including phenoxy) is 1. The zero-order valence-corrected chi connectivity index (χ0v) is 11.0. The predicted molar refractivity (Wildman–Crippen MR) is 70.7 cm³/mol. The summed E-state index contributed by atoms with van der Waals surface area (Å²) in [4.78, 5) is 12.1. The fourth-order valence-electron chi connectivity index (χ4n) is 2.18. The highest BCUT2D eigenvalue weighted by molar-refractivity contribution is 5.96. The molecule has 0 aliphatic carbocycles. The average molecular weight is 267 g/mol. The van der Waals surface area contributed by atoms with Crippen molar-refractivity contribution in [3.63, 3.8) is 0 Å². The van der Waals surface area contributed by atoms with Gasteiger partial charge < -0.3 is 21.1 Å². The molecular formula is C13H18FN3O2. The van der Waals surface area contributed by atoms with Crippen LogP contribution in [-0.2, 0) is 0 Å². The number of nitrogen functional groups attached to an aromatic ring is 1. The Balaban J connectivity index is 2.23. The Morgan fingerprint density at radius 3 is 2.89 bits per heavy atom. The number of carbonyl (C=O) groups is 1. The molecule has 1 atom stereocenters. The molecule has 104 valence electrons. The summed E-state index contributed by atoms with van der Waals surface area (Å²) in [5.74, 6) is -0.811. The van der Waals surface area contributed by atoms with E-state index in [1.165, 1.54) is 13.2 Å². The van der Waals surface area contributed by atoms with Crippen molar-refractivity contribution in [2.24, 2.45) is 0 Å². The number of benzene rings is 1.